The van der Waals surface area contributed by atoms with Crippen molar-refractivity contribution in [3.8, 4) is 0 Å². The first-order chi connectivity index (χ1) is 16.3. The van der Waals surface area contributed by atoms with Crippen molar-refractivity contribution >= 4 is 42.6 Å². The van der Waals surface area contributed by atoms with E-state index in [4.69, 9.17) is 0 Å². The third-order valence-corrected chi connectivity index (χ3v) is 8.71. The number of nitrogens with zero attached hydrogens (tertiary/aromatic N) is 4. The van der Waals surface area contributed by atoms with Crippen molar-refractivity contribution in [2.24, 2.45) is 0 Å². The first-order valence-corrected chi connectivity index (χ1v) is 12.9. The topological polar surface area (TPSA) is 83.5 Å². The molecule has 2 heterocycles. The van der Waals surface area contributed by atoms with Gasteiger partial charge in [0.05, 0.1) is 16.1 Å². The molecule has 0 saturated heterocycles. The van der Waals surface area contributed by atoms with Crippen molar-refractivity contribution in [1.29, 1.82) is 0 Å². The zero-order chi connectivity index (χ0) is 23.9. The fourth-order valence-electron chi connectivity index (χ4n) is 3.65. The fraction of sp³-hybridized carbons (Fsp3) is 0.208. The summed E-state index contributed by atoms with van der Waals surface area (Å²) in [4.78, 5) is 23.6. The van der Waals surface area contributed by atoms with Crippen molar-refractivity contribution in [3.05, 3.63) is 83.9 Å². The molecule has 0 unspecified atom stereocenters. The molecule has 2 aromatic heterocycles. The van der Waals surface area contributed by atoms with E-state index in [1.54, 1.807) is 37.6 Å². The number of fused-ring (bicyclic) bond motifs is 1. The summed E-state index contributed by atoms with van der Waals surface area (Å²) in [7, 11) is -2.04. The maximum Gasteiger partial charge on any atom is 0.260 e. The highest BCUT2D eigenvalue weighted by Crippen LogP contribution is 2.33. The van der Waals surface area contributed by atoms with Gasteiger partial charge in [0.2, 0.25) is 10.0 Å². The predicted molar refractivity (Wildman–Crippen MR) is 129 cm³/mol. The minimum Gasteiger partial charge on any atom is -0.279 e. The summed E-state index contributed by atoms with van der Waals surface area (Å²) in [5, 5.41) is 0.346. The number of aromatic nitrogens is 2. The summed E-state index contributed by atoms with van der Waals surface area (Å²) in [6, 6.07) is 14.2. The van der Waals surface area contributed by atoms with Crippen molar-refractivity contribution < 1.29 is 17.6 Å². The molecule has 1 fully saturated rings. The molecule has 1 saturated carbocycles. The number of pyridine rings is 1. The standard InChI is InChI=1S/C24H21FN4O3S2/c1-28(18-9-10-18)34(31,32)19-11-7-17(8-12-19)23(30)29(15-16-4-3-13-26-14-16)24-27-22-20(25)5-2-6-21(22)33-24/h2-8,11-14,18H,9-10,15H2,1H3. The van der Waals surface area contributed by atoms with Gasteiger partial charge in [-0.25, -0.2) is 17.8 Å². The van der Waals surface area contributed by atoms with E-state index in [1.165, 1.54) is 50.9 Å². The molecule has 0 spiro atoms. The smallest absolute Gasteiger partial charge is 0.260 e. The van der Waals surface area contributed by atoms with E-state index in [9.17, 15) is 17.6 Å². The van der Waals surface area contributed by atoms with Gasteiger partial charge in [-0.2, -0.15) is 4.31 Å². The molecular formula is C24H21FN4O3S2. The predicted octanol–water partition coefficient (Wildman–Crippen LogP) is 4.46. The monoisotopic (exact) mass is 496 g/mol. The number of hydrogen-bond acceptors (Lipinski definition) is 6. The van der Waals surface area contributed by atoms with Gasteiger partial charge < -0.3 is 0 Å². The van der Waals surface area contributed by atoms with Gasteiger partial charge in [0.15, 0.2) is 5.13 Å². The summed E-state index contributed by atoms with van der Waals surface area (Å²) in [6.45, 7) is 0.179. The fourth-order valence-corrected chi connectivity index (χ4v) is 6.04. The Balaban J connectivity index is 1.49. The average Bonchev–Trinajstić information content (AvgIpc) is 3.61. The van der Waals surface area contributed by atoms with E-state index in [0.29, 0.717) is 15.4 Å². The molecule has 0 atom stereocenters. The Labute approximate surface area is 200 Å². The summed E-state index contributed by atoms with van der Waals surface area (Å²) in [5.74, 6) is -0.828. The third kappa shape index (κ3) is 4.31. The maximum absolute atomic E-state index is 14.3. The molecule has 0 radical (unpaired) electrons. The van der Waals surface area contributed by atoms with Gasteiger partial charge in [0.25, 0.3) is 5.91 Å². The Kier molecular flexibility index (Phi) is 5.88. The van der Waals surface area contributed by atoms with Crippen LogP contribution in [0.15, 0.2) is 71.9 Å². The number of amides is 1. The summed E-state index contributed by atoms with van der Waals surface area (Å²) < 4.78 is 41.9. The molecule has 5 rings (SSSR count). The Hall–Kier alpha value is -3.21. The second-order valence-electron chi connectivity index (χ2n) is 8.11. The van der Waals surface area contributed by atoms with E-state index in [-0.39, 0.29) is 28.9 Å². The number of sulfonamides is 1. The van der Waals surface area contributed by atoms with Crippen LogP contribution in [0.3, 0.4) is 0 Å². The van der Waals surface area contributed by atoms with Crippen molar-refractivity contribution in [2.75, 3.05) is 11.9 Å². The van der Waals surface area contributed by atoms with Crippen molar-refractivity contribution in [3.63, 3.8) is 0 Å². The molecule has 1 aliphatic carbocycles. The number of thiazole rings is 1. The molecule has 7 nitrogen and oxygen atoms in total. The van der Waals surface area contributed by atoms with E-state index in [1.807, 2.05) is 6.07 Å². The molecule has 0 aliphatic heterocycles. The molecule has 4 aromatic rings. The highest BCUT2D eigenvalue weighted by atomic mass is 32.2. The van der Waals surface area contributed by atoms with Gasteiger partial charge in [-0.05, 0) is 60.9 Å². The lowest BCUT2D eigenvalue weighted by atomic mass is 10.2. The maximum atomic E-state index is 14.3. The van der Waals surface area contributed by atoms with Crippen molar-refractivity contribution in [1.82, 2.24) is 14.3 Å². The van der Waals surface area contributed by atoms with E-state index < -0.39 is 15.8 Å². The Morgan fingerprint density at radius 1 is 1.12 bits per heavy atom. The first-order valence-electron chi connectivity index (χ1n) is 10.7. The highest BCUT2D eigenvalue weighted by Gasteiger charge is 2.35. The largest absolute Gasteiger partial charge is 0.279 e. The second-order valence-corrected chi connectivity index (χ2v) is 11.1. The van der Waals surface area contributed by atoms with Gasteiger partial charge >= 0.3 is 0 Å². The second kappa shape index (κ2) is 8.86. The molecule has 10 heteroatoms. The van der Waals surface area contributed by atoms with E-state index in [0.717, 1.165) is 18.4 Å². The van der Waals surface area contributed by atoms with Crippen LogP contribution >= 0.6 is 11.3 Å². The number of hydrogen-bond donors (Lipinski definition) is 0. The van der Waals surface area contributed by atoms with Gasteiger partial charge in [-0.1, -0.05) is 23.5 Å². The molecular weight excluding hydrogens is 475 g/mol. The molecule has 1 aliphatic rings. The van der Waals surface area contributed by atoms with Crippen LogP contribution in [0.1, 0.15) is 28.8 Å². The van der Waals surface area contributed by atoms with E-state index >= 15 is 0 Å². The number of para-hydroxylation sites is 1. The Morgan fingerprint density at radius 2 is 1.88 bits per heavy atom. The van der Waals surface area contributed by atoms with Crippen LogP contribution < -0.4 is 4.90 Å². The van der Waals surface area contributed by atoms with E-state index in [2.05, 4.69) is 9.97 Å². The van der Waals surface area contributed by atoms with Crippen LogP contribution in [0.4, 0.5) is 9.52 Å². The van der Waals surface area contributed by atoms with Gasteiger partial charge in [-0.3, -0.25) is 14.7 Å². The number of carbonyl (C=O) groups is 1. The zero-order valence-corrected chi connectivity index (χ0v) is 19.9. The molecule has 34 heavy (non-hydrogen) atoms. The Morgan fingerprint density at radius 3 is 2.53 bits per heavy atom. The summed E-state index contributed by atoms with van der Waals surface area (Å²) >= 11 is 1.21. The number of benzene rings is 2. The first kappa shape index (κ1) is 22.6. The summed E-state index contributed by atoms with van der Waals surface area (Å²) in [6.07, 6.45) is 5.01. The summed E-state index contributed by atoms with van der Waals surface area (Å²) in [5.41, 5.74) is 1.29. The van der Waals surface area contributed by atoms with Crippen LogP contribution in [-0.2, 0) is 16.6 Å². The zero-order valence-electron chi connectivity index (χ0n) is 18.3. The molecule has 0 N–H and O–H groups in total. The lowest BCUT2D eigenvalue weighted by Gasteiger charge is -2.20. The number of anilines is 1. The van der Waals surface area contributed by atoms with Crippen LogP contribution in [0.2, 0.25) is 0 Å². The molecule has 0 bridgehead atoms. The van der Waals surface area contributed by atoms with Crippen molar-refractivity contribution in [2.45, 2.75) is 30.3 Å². The van der Waals surface area contributed by atoms with Gasteiger partial charge in [0.1, 0.15) is 11.3 Å². The lowest BCUT2D eigenvalue weighted by Crippen LogP contribution is -2.31. The number of carbonyl (C=O) groups excluding carboxylic acids is 1. The van der Waals surface area contributed by atoms with Crippen LogP contribution in [0, 0.1) is 5.82 Å². The van der Waals surface area contributed by atoms with Gasteiger partial charge in [-0.15, -0.1) is 0 Å². The average molecular weight is 497 g/mol. The third-order valence-electron chi connectivity index (χ3n) is 5.74. The molecule has 174 valence electrons. The molecule has 1 amide bonds. The SMILES string of the molecule is CN(C1CC1)S(=O)(=O)c1ccc(C(=O)N(Cc2cccnc2)c2nc3c(F)cccc3s2)cc1. The number of halogens is 1. The quantitative estimate of drug-likeness (QED) is 0.377. The van der Waals surface area contributed by atoms with Crippen LogP contribution in [-0.4, -0.2) is 41.7 Å². The highest BCUT2D eigenvalue weighted by molar-refractivity contribution is 7.89. The minimum absolute atomic E-state index is 0.0423. The van der Waals surface area contributed by atoms with Crippen LogP contribution in [0.25, 0.3) is 10.2 Å². The Bertz CT molecular complexity index is 1450. The molecule has 2 aromatic carbocycles. The lowest BCUT2D eigenvalue weighted by molar-refractivity contribution is 0.0985. The normalized spacial score (nSPS) is 14.0. The van der Waals surface area contributed by atoms with Crippen LogP contribution in [0.5, 0.6) is 0 Å². The van der Waals surface area contributed by atoms with Gasteiger partial charge in [0, 0.05) is 31.0 Å². The minimum atomic E-state index is -3.61. The number of rotatable bonds is 7.